The molecule has 128 valence electrons. The van der Waals surface area contributed by atoms with Crippen molar-refractivity contribution in [2.45, 2.75) is 33.2 Å². The van der Waals surface area contributed by atoms with Crippen molar-refractivity contribution in [2.75, 3.05) is 20.7 Å². The highest BCUT2D eigenvalue weighted by atomic mass is 16.7. The van der Waals surface area contributed by atoms with Crippen molar-refractivity contribution in [3.8, 4) is 0 Å². The molecule has 0 aliphatic heterocycles. The molecule has 0 spiro atoms. The molecular weight excluding hydrogens is 296 g/mol. The summed E-state index contributed by atoms with van der Waals surface area (Å²) in [5.74, 6) is -0.449. The molecule has 1 atom stereocenters. The number of amides is 1. The molecule has 0 saturated heterocycles. The lowest BCUT2D eigenvalue weighted by molar-refractivity contribution is -0.152. The van der Waals surface area contributed by atoms with Gasteiger partial charge in [0.2, 0.25) is 0 Å². The second kappa shape index (κ2) is 8.53. The maximum atomic E-state index is 12.3. The summed E-state index contributed by atoms with van der Waals surface area (Å²) < 4.78 is 5.33. The fraction of sp³-hybridized carbons (Fsp3) is 0.529. The summed E-state index contributed by atoms with van der Waals surface area (Å²) in [6.07, 6.45) is -0.212. The summed E-state index contributed by atoms with van der Waals surface area (Å²) in [7, 11) is 3.13. The molecule has 6 nitrogen and oxygen atoms in total. The first kappa shape index (κ1) is 19.0. The number of hydroxylamine groups is 1. The Morgan fingerprint density at radius 1 is 1.17 bits per heavy atom. The topological polar surface area (TPSA) is 67.9 Å². The van der Waals surface area contributed by atoms with Gasteiger partial charge in [-0.2, -0.15) is 0 Å². The zero-order valence-electron chi connectivity index (χ0n) is 14.5. The number of esters is 1. The van der Waals surface area contributed by atoms with E-state index in [1.54, 1.807) is 14.1 Å². The zero-order valence-corrected chi connectivity index (χ0v) is 14.5. The summed E-state index contributed by atoms with van der Waals surface area (Å²) in [6.45, 7) is 6.23. The van der Waals surface area contributed by atoms with Crippen LogP contribution in [-0.4, -0.2) is 43.7 Å². The van der Waals surface area contributed by atoms with Gasteiger partial charge in [0.25, 0.3) is 0 Å². The van der Waals surface area contributed by atoms with Crippen LogP contribution in [0.1, 0.15) is 26.3 Å². The molecule has 1 aromatic carbocycles. The third kappa shape index (κ3) is 7.65. The Labute approximate surface area is 137 Å². The molecule has 1 aromatic rings. The van der Waals surface area contributed by atoms with E-state index in [9.17, 15) is 9.59 Å². The quantitative estimate of drug-likeness (QED) is 0.643. The van der Waals surface area contributed by atoms with E-state index in [2.05, 4.69) is 5.48 Å². The second-order valence-corrected chi connectivity index (χ2v) is 6.79. The Morgan fingerprint density at radius 3 is 2.30 bits per heavy atom. The smallest absolute Gasteiger partial charge is 0.428 e. The molecule has 1 N–H and O–H groups in total. The SMILES string of the molecule is CN(C)C(=O)ON[C@@H](Cc1ccccc1)C(=O)OCC(C)(C)C. The van der Waals surface area contributed by atoms with Crippen molar-refractivity contribution in [1.82, 2.24) is 10.4 Å². The van der Waals surface area contributed by atoms with Crippen molar-refractivity contribution in [1.29, 1.82) is 0 Å². The van der Waals surface area contributed by atoms with Crippen molar-refractivity contribution in [3.63, 3.8) is 0 Å². The van der Waals surface area contributed by atoms with Gasteiger partial charge in [-0.25, -0.2) is 4.79 Å². The number of ether oxygens (including phenoxy) is 1. The summed E-state index contributed by atoms with van der Waals surface area (Å²) in [5.41, 5.74) is 3.33. The third-order valence-electron chi connectivity index (χ3n) is 2.87. The third-order valence-corrected chi connectivity index (χ3v) is 2.87. The minimum atomic E-state index is -0.761. The fourth-order valence-electron chi connectivity index (χ4n) is 1.62. The molecule has 0 bridgehead atoms. The first-order valence-electron chi connectivity index (χ1n) is 7.53. The Hall–Kier alpha value is -2.08. The fourth-order valence-corrected chi connectivity index (χ4v) is 1.62. The highest BCUT2D eigenvalue weighted by molar-refractivity contribution is 5.76. The summed E-state index contributed by atoms with van der Waals surface area (Å²) >= 11 is 0. The number of hydrogen-bond donors (Lipinski definition) is 1. The predicted octanol–water partition coefficient (Wildman–Crippen LogP) is 2.39. The van der Waals surface area contributed by atoms with E-state index in [4.69, 9.17) is 9.57 Å². The molecule has 0 radical (unpaired) electrons. The van der Waals surface area contributed by atoms with Gasteiger partial charge < -0.3 is 14.5 Å². The number of benzene rings is 1. The molecule has 0 aromatic heterocycles. The number of carbonyl (C=O) groups excluding carboxylic acids is 2. The summed E-state index contributed by atoms with van der Waals surface area (Å²) in [6, 6.07) is 8.72. The lowest BCUT2D eigenvalue weighted by atomic mass is 9.98. The minimum absolute atomic E-state index is 0.132. The van der Waals surface area contributed by atoms with Crippen LogP contribution in [-0.2, 0) is 20.8 Å². The number of rotatable bonds is 6. The van der Waals surface area contributed by atoms with Gasteiger partial charge in [0, 0.05) is 20.5 Å². The molecule has 0 heterocycles. The Kier molecular flexibility index (Phi) is 7.03. The van der Waals surface area contributed by atoms with E-state index in [0.29, 0.717) is 13.0 Å². The van der Waals surface area contributed by atoms with Crippen LogP contribution in [0.2, 0.25) is 0 Å². The average molecular weight is 322 g/mol. The van der Waals surface area contributed by atoms with E-state index in [1.165, 1.54) is 4.90 Å². The maximum absolute atomic E-state index is 12.3. The van der Waals surface area contributed by atoms with Crippen molar-refractivity contribution >= 4 is 12.1 Å². The van der Waals surface area contributed by atoms with E-state index in [-0.39, 0.29) is 5.41 Å². The molecule has 0 aliphatic rings. The highest BCUT2D eigenvalue weighted by Crippen LogP contribution is 2.14. The molecule has 1 amide bonds. The molecule has 0 fully saturated rings. The van der Waals surface area contributed by atoms with Crippen LogP contribution >= 0.6 is 0 Å². The molecule has 23 heavy (non-hydrogen) atoms. The number of hydrogen-bond acceptors (Lipinski definition) is 5. The van der Waals surface area contributed by atoms with Gasteiger partial charge in [-0.15, -0.1) is 5.48 Å². The van der Waals surface area contributed by atoms with Crippen LogP contribution in [0, 0.1) is 5.41 Å². The van der Waals surface area contributed by atoms with E-state index >= 15 is 0 Å². The Morgan fingerprint density at radius 2 is 1.78 bits per heavy atom. The molecule has 0 aliphatic carbocycles. The Balaban J connectivity index is 2.71. The van der Waals surface area contributed by atoms with Gasteiger partial charge in [-0.05, 0) is 11.0 Å². The monoisotopic (exact) mass is 322 g/mol. The summed E-state index contributed by atoms with van der Waals surface area (Å²) in [5, 5.41) is 0. The van der Waals surface area contributed by atoms with Crippen LogP contribution < -0.4 is 5.48 Å². The van der Waals surface area contributed by atoms with Crippen molar-refractivity contribution in [3.05, 3.63) is 35.9 Å². The van der Waals surface area contributed by atoms with Gasteiger partial charge >= 0.3 is 12.1 Å². The number of nitrogens with one attached hydrogen (secondary N) is 1. The molecule has 6 heteroatoms. The van der Waals surface area contributed by atoms with Crippen LogP contribution in [0.3, 0.4) is 0 Å². The van der Waals surface area contributed by atoms with Gasteiger partial charge in [0.15, 0.2) is 0 Å². The lowest BCUT2D eigenvalue weighted by Crippen LogP contribution is -2.43. The summed E-state index contributed by atoms with van der Waals surface area (Å²) in [4.78, 5) is 30.0. The first-order chi connectivity index (χ1) is 10.7. The van der Waals surface area contributed by atoms with Gasteiger partial charge in [0.1, 0.15) is 6.04 Å². The standard InChI is InChI=1S/C17H26N2O4/c1-17(2,3)12-22-15(20)14(18-23-16(21)19(4)5)11-13-9-7-6-8-10-13/h6-10,14,18H,11-12H2,1-5H3/t14-/m0/s1. The lowest BCUT2D eigenvalue weighted by Gasteiger charge is -2.22. The second-order valence-electron chi connectivity index (χ2n) is 6.79. The minimum Gasteiger partial charge on any atom is -0.464 e. The molecular formula is C17H26N2O4. The van der Waals surface area contributed by atoms with Crippen molar-refractivity contribution in [2.24, 2.45) is 5.41 Å². The van der Waals surface area contributed by atoms with Gasteiger partial charge in [-0.1, -0.05) is 51.1 Å². The first-order valence-corrected chi connectivity index (χ1v) is 7.53. The largest absolute Gasteiger partial charge is 0.464 e. The maximum Gasteiger partial charge on any atom is 0.428 e. The normalized spacial score (nSPS) is 12.4. The van der Waals surface area contributed by atoms with Crippen molar-refractivity contribution < 1.29 is 19.2 Å². The van der Waals surface area contributed by atoms with E-state index < -0.39 is 18.1 Å². The van der Waals surface area contributed by atoms with Crippen LogP contribution in [0.25, 0.3) is 0 Å². The van der Waals surface area contributed by atoms with E-state index in [1.807, 2.05) is 51.1 Å². The zero-order chi connectivity index (χ0) is 17.5. The van der Waals surface area contributed by atoms with Gasteiger partial charge in [0.05, 0.1) is 6.61 Å². The molecule has 1 rings (SSSR count). The van der Waals surface area contributed by atoms with E-state index in [0.717, 1.165) is 5.56 Å². The molecule has 0 unspecified atom stereocenters. The molecule has 0 saturated carbocycles. The Bertz CT molecular complexity index is 509. The number of carbonyl (C=O) groups is 2. The van der Waals surface area contributed by atoms with Crippen LogP contribution in [0.15, 0.2) is 30.3 Å². The van der Waals surface area contributed by atoms with Crippen LogP contribution in [0.5, 0.6) is 0 Å². The highest BCUT2D eigenvalue weighted by Gasteiger charge is 2.24. The average Bonchev–Trinajstić information content (AvgIpc) is 2.48. The number of nitrogens with zero attached hydrogens (tertiary/aromatic N) is 1. The predicted molar refractivity (Wildman–Crippen MR) is 87.7 cm³/mol. The van der Waals surface area contributed by atoms with Crippen LogP contribution in [0.4, 0.5) is 4.79 Å². The van der Waals surface area contributed by atoms with Gasteiger partial charge in [-0.3, -0.25) is 4.79 Å².